The summed E-state index contributed by atoms with van der Waals surface area (Å²) in [7, 11) is 0. The molecule has 1 saturated heterocycles. The lowest BCUT2D eigenvalue weighted by Crippen LogP contribution is -2.54. The van der Waals surface area contributed by atoms with Crippen molar-refractivity contribution < 1.29 is 19.5 Å². The monoisotopic (exact) mass is 400 g/mol. The van der Waals surface area contributed by atoms with Crippen LogP contribution in [0.1, 0.15) is 57.8 Å². The number of piperazine rings is 1. The van der Waals surface area contributed by atoms with Gasteiger partial charge >= 0.3 is 0 Å². The molecular weight excluding hydrogens is 368 g/mol. The SMILES string of the molecule is O=C1C(C2CCC(C(=O)N3CCN(C(=O)C4(O)CC4)CC3)CC2)=CC2CCCC12. The maximum atomic E-state index is 13.0. The highest BCUT2D eigenvalue weighted by molar-refractivity contribution is 6.00. The second-order valence-electron chi connectivity index (χ2n) is 9.89. The predicted molar refractivity (Wildman–Crippen MR) is 107 cm³/mol. The molecule has 6 nitrogen and oxygen atoms in total. The van der Waals surface area contributed by atoms with Gasteiger partial charge in [0.25, 0.3) is 5.91 Å². The quantitative estimate of drug-likeness (QED) is 0.785. The van der Waals surface area contributed by atoms with Crippen molar-refractivity contribution in [3.8, 4) is 0 Å². The van der Waals surface area contributed by atoms with Gasteiger partial charge in [-0.1, -0.05) is 12.5 Å². The van der Waals surface area contributed by atoms with Crippen LogP contribution in [0.4, 0.5) is 0 Å². The topological polar surface area (TPSA) is 77.9 Å². The van der Waals surface area contributed by atoms with Crippen LogP contribution in [-0.4, -0.2) is 64.3 Å². The van der Waals surface area contributed by atoms with Crippen molar-refractivity contribution in [2.24, 2.45) is 23.7 Å². The van der Waals surface area contributed by atoms with E-state index in [4.69, 9.17) is 0 Å². The van der Waals surface area contributed by atoms with Gasteiger partial charge in [-0.05, 0) is 68.8 Å². The molecule has 1 N–H and O–H groups in total. The second-order valence-corrected chi connectivity index (χ2v) is 9.89. The van der Waals surface area contributed by atoms with Gasteiger partial charge < -0.3 is 14.9 Å². The van der Waals surface area contributed by atoms with Crippen LogP contribution in [-0.2, 0) is 14.4 Å². The molecule has 158 valence electrons. The third-order valence-corrected chi connectivity index (χ3v) is 8.10. The lowest BCUT2D eigenvalue weighted by molar-refractivity contribution is -0.148. The van der Waals surface area contributed by atoms with E-state index in [0.29, 0.717) is 56.6 Å². The zero-order valence-corrected chi connectivity index (χ0v) is 17.1. The zero-order chi connectivity index (χ0) is 20.2. The van der Waals surface area contributed by atoms with E-state index < -0.39 is 5.60 Å². The van der Waals surface area contributed by atoms with Crippen LogP contribution in [0, 0.1) is 23.7 Å². The van der Waals surface area contributed by atoms with Gasteiger partial charge in [0.1, 0.15) is 5.60 Å². The summed E-state index contributed by atoms with van der Waals surface area (Å²) in [6.45, 7) is 2.17. The molecule has 2 amide bonds. The summed E-state index contributed by atoms with van der Waals surface area (Å²) in [4.78, 5) is 41.6. The molecule has 0 radical (unpaired) electrons. The Morgan fingerprint density at radius 1 is 0.931 bits per heavy atom. The van der Waals surface area contributed by atoms with Crippen molar-refractivity contribution in [1.82, 2.24) is 9.80 Å². The molecule has 5 aliphatic rings. The number of aliphatic hydroxyl groups is 1. The van der Waals surface area contributed by atoms with E-state index in [1.165, 1.54) is 12.8 Å². The Hall–Kier alpha value is -1.69. The highest BCUT2D eigenvalue weighted by Gasteiger charge is 2.50. The van der Waals surface area contributed by atoms with E-state index in [9.17, 15) is 19.5 Å². The van der Waals surface area contributed by atoms with Crippen molar-refractivity contribution in [2.75, 3.05) is 26.2 Å². The molecule has 1 aliphatic heterocycles. The average Bonchev–Trinajstić information content (AvgIpc) is 3.20. The molecule has 0 aromatic carbocycles. The molecule has 2 atom stereocenters. The summed E-state index contributed by atoms with van der Waals surface area (Å²) < 4.78 is 0. The normalized spacial score (nSPS) is 36.0. The Morgan fingerprint density at radius 3 is 2.21 bits per heavy atom. The molecule has 5 rings (SSSR count). The number of rotatable bonds is 3. The Labute approximate surface area is 172 Å². The van der Waals surface area contributed by atoms with Gasteiger partial charge in [-0.15, -0.1) is 0 Å². The minimum atomic E-state index is -1.12. The fraction of sp³-hybridized carbons (Fsp3) is 0.783. The van der Waals surface area contributed by atoms with Gasteiger partial charge in [-0.25, -0.2) is 0 Å². The third kappa shape index (κ3) is 3.43. The van der Waals surface area contributed by atoms with E-state index in [0.717, 1.165) is 37.7 Å². The standard InChI is InChI=1S/C23H32N2O4/c26-20-18-3-1-2-17(18)14-19(20)15-4-6-16(7-5-15)21(27)24-10-12-25(13-11-24)22(28)23(29)8-9-23/h14-18,29H,1-13H2. The summed E-state index contributed by atoms with van der Waals surface area (Å²) in [5.41, 5.74) is -0.0363. The summed E-state index contributed by atoms with van der Waals surface area (Å²) in [5.74, 6) is 1.61. The summed E-state index contributed by atoms with van der Waals surface area (Å²) >= 11 is 0. The highest BCUT2D eigenvalue weighted by atomic mass is 16.3. The predicted octanol–water partition coefficient (Wildman–Crippen LogP) is 1.91. The van der Waals surface area contributed by atoms with Crippen LogP contribution in [0.2, 0.25) is 0 Å². The molecule has 0 aromatic rings. The number of fused-ring (bicyclic) bond motifs is 1. The van der Waals surface area contributed by atoms with E-state index in [2.05, 4.69) is 6.08 Å². The number of amides is 2. The molecule has 2 unspecified atom stereocenters. The number of ketones is 1. The number of carbonyl (C=O) groups is 3. The second kappa shape index (κ2) is 7.22. The Morgan fingerprint density at radius 2 is 1.59 bits per heavy atom. The van der Waals surface area contributed by atoms with Crippen LogP contribution in [0.15, 0.2) is 11.6 Å². The average molecular weight is 401 g/mol. The summed E-state index contributed by atoms with van der Waals surface area (Å²) in [6.07, 6.45) is 10.4. The third-order valence-electron chi connectivity index (χ3n) is 8.10. The maximum absolute atomic E-state index is 13.0. The smallest absolute Gasteiger partial charge is 0.254 e. The first kappa shape index (κ1) is 19.3. The van der Waals surface area contributed by atoms with Gasteiger partial charge in [0.05, 0.1) is 0 Å². The van der Waals surface area contributed by atoms with Crippen LogP contribution in [0.25, 0.3) is 0 Å². The first-order valence-electron chi connectivity index (χ1n) is 11.5. The van der Waals surface area contributed by atoms with Crippen molar-refractivity contribution in [3.63, 3.8) is 0 Å². The molecule has 0 bridgehead atoms. The van der Waals surface area contributed by atoms with Crippen molar-refractivity contribution in [2.45, 2.75) is 63.4 Å². The molecule has 0 aromatic heterocycles. The van der Waals surface area contributed by atoms with Crippen LogP contribution >= 0.6 is 0 Å². The number of nitrogens with zero attached hydrogens (tertiary/aromatic N) is 2. The lowest BCUT2D eigenvalue weighted by Gasteiger charge is -2.38. The number of hydrogen-bond donors (Lipinski definition) is 1. The Bertz CT molecular complexity index is 740. The van der Waals surface area contributed by atoms with E-state index in [-0.39, 0.29) is 23.7 Å². The Balaban J connectivity index is 1.11. The lowest BCUT2D eigenvalue weighted by atomic mass is 9.77. The molecule has 29 heavy (non-hydrogen) atoms. The molecule has 1 heterocycles. The summed E-state index contributed by atoms with van der Waals surface area (Å²) in [6, 6.07) is 0. The van der Waals surface area contributed by atoms with Gasteiger partial charge in [0.2, 0.25) is 5.91 Å². The van der Waals surface area contributed by atoms with Gasteiger partial charge in [-0.2, -0.15) is 0 Å². The fourth-order valence-electron chi connectivity index (χ4n) is 6.04. The maximum Gasteiger partial charge on any atom is 0.254 e. The number of Topliss-reactive ketones (excluding diaryl/α,β-unsaturated/α-hetero) is 1. The van der Waals surface area contributed by atoms with Gasteiger partial charge in [-0.3, -0.25) is 14.4 Å². The Kier molecular flexibility index (Phi) is 4.80. The minimum absolute atomic E-state index is 0.0534. The van der Waals surface area contributed by atoms with E-state index in [1.807, 2.05) is 4.90 Å². The van der Waals surface area contributed by atoms with Gasteiger partial charge in [0, 0.05) is 38.0 Å². The molecule has 3 saturated carbocycles. The largest absolute Gasteiger partial charge is 0.380 e. The van der Waals surface area contributed by atoms with Crippen molar-refractivity contribution in [3.05, 3.63) is 11.6 Å². The number of carbonyl (C=O) groups excluding carboxylic acids is 3. The van der Waals surface area contributed by atoms with Crippen LogP contribution in [0.3, 0.4) is 0 Å². The summed E-state index contributed by atoms with van der Waals surface area (Å²) in [5, 5.41) is 10.0. The molecule has 4 aliphatic carbocycles. The first-order valence-corrected chi connectivity index (χ1v) is 11.5. The minimum Gasteiger partial charge on any atom is -0.380 e. The van der Waals surface area contributed by atoms with Crippen LogP contribution < -0.4 is 0 Å². The van der Waals surface area contributed by atoms with E-state index in [1.54, 1.807) is 4.90 Å². The van der Waals surface area contributed by atoms with Crippen molar-refractivity contribution in [1.29, 1.82) is 0 Å². The number of allylic oxidation sites excluding steroid dienone is 2. The van der Waals surface area contributed by atoms with E-state index >= 15 is 0 Å². The van der Waals surface area contributed by atoms with Crippen LogP contribution in [0.5, 0.6) is 0 Å². The molecule has 0 spiro atoms. The molecule has 6 heteroatoms. The van der Waals surface area contributed by atoms with Gasteiger partial charge in [0.15, 0.2) is 5.78 Å². The molecular formula is C23H32N2O4. The number of hydrogen-bond acceptors (Lipinski definition) is 4. The highest BCUT2D eigenvalue weighted by Crippen LogP contribution is 2.45. The zero-order valence-electron chi connectivity index (χ0n) is 17.1. The molecule has 4 fully saturated rings. The van der Waals surface area contributed by atoms with Crippen molar-refractivity contribution >= 4 is 17.6 Å². The fourth-order valence-corrected chi connectivity index (χ4v) is 6.04. The first-order chi connectivity index (χ1) is 14.0.